The molecule has 0 aromatic heterocycles. The Morgan fingerprint density at radius 1 is 1.18 bits per heavy atom. The van der Waals surface area contributed by atoms with E-state index in [1.807, 2.05) is 13.8 Å². The summed E-state index contributed by atoms with van der Waals surface area (Å²) in [6.07, 6.45) is 10.2. The van der Waals surface area contributed by atoms with Gasteiger partial charge in [-0.25, -0.2) is 0 Å². The molecule has 1 atom stereocenters. The zero-order valence-corrected chi connectivity index (χ0v) is 15.8. The molecule has 0 bridgehead atoms. The topological polar surface area (TPSA) is 23.5 Å². The monoisotopic (exact) mass is 325 g/mol. The highest BCUT2D eigenvalue weighted by Crippen LogP contribution is 2.60. The first kappa shape index (κ1) is 18.1. The Morgan fingerprint density at radius 2 is 1.82 bits per heavy atom. The van der Waals surface area contributed by atoms with Gasteiger partial charge in [0.1, 0.15) is 0 Å². The largest absolute Gasteiger partial charge is 0.390 e. The summed E-state index contributed by atoms with van der Waals surface area (Å²) in [6, 6.07) is 0. The molecule has 1 N–H and O–H groups in total. The fraction of sp³-hybridized carbons (Fsp3) is 0.789. The minimum absolute atomic E-state index is 0.567. The zero-order chi connectivity index (χ0) is 16.2. The van der Waals surface area contributed by atoms with Crippen LogP contribution in [0.1, 0.15) is 66.2 Å². The van der Waals surface area contributed by atoms with Crippen molar-refractivity contribution in [3.8, 4) is 0 Å². The predicted molar refractivity (Wildman–Crippen MR) is 100 cm³/mol. The van der Waals surface area contributed by atoms with Crippen LogP contribution in [0.3, 0.4) is 0 Å². The molecule has 0 aromatic carbocycles. The lowest BCUT2D eigenvalue weighted by Gasteiger charge is -2.44. The molecule has 1 unspecified atom stereocenters. The third-order valence-corrected chi connectivity index (χ3v) is 8.76. The van der Waals surface area contributed by atoms with Gasteiger partial charge in [0.05, 0.1) is 5.60 Å². The van der Waals surface area contributed by atoms with E-state index >= 15 is 0 Å². The van der Waals surface area contributed by atoms with Crippen LogP contribution in [0.4, 0.5) is 0 Å². The predicted octanol–water partition coefficient (Wildman–Crippen LogP) is 5.20. The van der Waals surface area contributed by atoms with Crippen LogP contribution in [0.15, 0.2) is 22.5 Å². The summed E-state index contributed by atoms with van der Waals surface area (Å²) in [5.74, 6) is 1.88. The molecule has 0 amide bonds. The second-order valence-electron chi connectivity index (χ2n) is 7.45. The van der Waals surface area contributed by atoms with Gasteiger partial charge in [-0.05, 0) is 61.2 Å². The van der Waals surface area contributed by atoms with Gasteiger partial charge in [0.2, 0.25) is 0 Å². The Kier molecular flexibility index (Phi) is 6.21. The fourth-order valence-corrected chi connectivity index (χ4v) is 7.55. The van der Waals surface area contributed by atoms with Crippen LogP contribution >= 0.6 is 10.2 Å². The maximum Gasteiger partial charge on any atom is 0.0599 e. The molecule has 128 valence electrons. The summed E-state index contributed by atoms with van der Waals surface area (Å²) in [5.41, 5.74) is 1.03. The van der Waals surface area contributed by atoms with Gasteiger partial charge in [0, 0.05) is 13.1 Å². The van der Waals surface area contributed by atoms with Gasteiger partial charge in [-0.2, -0.15) is 0 Å². The molecule has 0 radical (unpaired) electrons. The highest BCUT2D eigenvalue weighted by molar-refractivity contribution is 8.36. The van der Waals surface area contributed by atoms with Crippen LogP contribution in [-0.4, -0.2) is 33.9 Å². The van der Waals surface area contributed by atoms with E-state index in [0.717, 1.165) is 31.2 Å². The summed E-state index contributed by atoms with van der Waals surface area (Å²) >= 11 is 0. The molecule has 2 aliphatic rings. The van der Waals surface area contributed by atoms with Gasteiger partial charge in [-0.15, -0.1) is 10.2 Å². The summed E-state index contributed by atoms with van der Waals surface area (Å²) in [6.45, 7) is 10.6. The minimum atomic E-state index is -1.00. The van der Waals surface area contributed by atoms with Crippen LogP contribution < -0.4 is 0 Å². The lowest BCUT2D eigenvalue weighted by Crippen LogP contribution is -2.30. The standard InChI is InChI=1S/C19H35NOS/c1-5-20(6-2)22(15-13-19(3,4)21)14-12-18(16-22)17-10-8-7-9-11-17/h12,14,16-17,21H,5-11,13,15H2,1-4H3. The van der Waals surface area contributed by atoms with Gasteiger partial charge in [0.15, 0.2) is 0 Å². The Hall–Kier alpha value is -0.250. The smallest absolute Gasteiger partial charge is 0.0599 e. The first-order valence-electron chi connectivity index (χ1n) is 9.08. The van der Waals surface area contributed by atoms with Crippen molar-refractivity contribution in [1.82, 2.24) is 4.31 Å². The lowest BCUT2D eigenvalue weighted by molar-refractivity contribution is 0.0774. The number of hydrogen-bond acceptors (Lipinski definition) is 2. The average molecular weight is 326 g/mol. The van der Waals surface area contributed by atoms with Gasteiger partial charge in [-0.1, -0.05) is 39.2 Å². The Morgan fingerprint density at radius 3 is 2.36 bits per heavy atom. The number of nitrogens with zero attached hydrogens (tertiary/aromatic N) is 1. The second-order valence-corrected chi connectivity index (χ2v) is 10.5. The normalized spacial score (nSPS) is 29.6. The van der Waals surface area contributed by atoms with Crippen LogP contribution in [0.2, 0.25) is 0 Å². The average Bonchev–Trinajstić information content (AvgIpc) is 2.92. The lowest BCUT2D eigenvalue weighted by atomic mass is 9.84. The molecule has 3 heteroatoms. The SMILES string of the molecule is CCN(CC)S1(CCC(C)(C)O)C=CC(C2CCCCC2)=C1. The molecule has 2 nitrogen and oxygen atoms in total. The van der Waals surface area contributed by atoms with Crippen LogP contribution in [0, 0.1) is 5.92 Å². The van der Waals surface area contributed by atoms with Crippen molar-refractivity contribution in [3.05, 3.63) is 22.5 Å². The summed E-state index contributed by atoms with van der Waals surface area (Å²) in [5, 5.41) is 15.3. The van der Waals surface area contributed by atoms with Crippen LogP contribution in [0.5, 0.6) is 0 Å². The van der Waals surface area contributed by atoms with E-state index in [9.17, 15) is 5.11 Å². The molecule has 0 saturated heterocycles. The van der Waals surface area contributed by atoms with E-state index < -0.39 is 15.8 Å². The first-order valence-corrected chi connectivity index (χ1v) is 11.0. The number of aliphatic hydroxyl groups is 1. The molecule has 1 aliphatic heterocycles. The molecular weight excluding hydrogens is 290 g/mol. The fourth-order valence-electron chi connectivity index (χ4n) is 3.71. The molecule has 0 spiro atoms. The summed E-state index contributed by atoms with van der Waals surface area (Å²) < 4.78 is 2.63. The van der Waals surface area contributed by atoms with Crippen LogP contribution in [0.25, 0.3) is 0 Å². The Labute approximate surface area is 139 Å². The van der Waals surface area contributed by atoms with Gasteiger partial charge < -0.3 is 5.11 Å². The van der Waals surface area contributed by atoms with E-state index in [-0.39, 0.29) is 0 Å². The summed E-state index contributed by atoms with van der Waals surface area (Å²) in [7, 11) is -1.00. The molecule has 1 saturated carbocycles. The Balaban J connectivity index is 2.18. The van der Waals surface area contributed by atoms with Crippen molar-refractivity contribution in [3.63, 3.8) is 0 Å². The highest BCUT2D eigenvalue weighted by Gasteiger charge is 2.32. The maximum atomic E-state index is 10.2. The quantitative estimate of drug-likeness (QED) is 0.695. The number of hydrogen-bond donors (Lipinski definition) is 1. The van der Waals surface area contributed by atoms with E-state index in [1.165, 1.54) is 32.1 Å². The zero-order valence-electron chi connectivity index (χ0n) is 15.0. The van der Waals surface area contributed by atoms with Crippen molar-refractivity contribution in [2.45, 2.75) is 71.8 Å². The third kappa shape index (κ3) is 4.39. The van der Waals surface area contributed by atoms with E-state index in [1.54, 1.807) is 5.57 Å². The van der Waals surface area contributed by atoms with E-state index in [0.29, 0.717) is 0 Å². The van der Waals surface area contributed by atoms with Crippen molar-refractivity contribution >= 4 is 10.2 Å². The van der Waals surface area contributed by atoms with Crippen molar-refractivity contribution in [2.24, 2.45) is 5.92 Å². The molecule has 2 rings (SSSR count). The number of allylic oxidation sites excluding steroid dienone is 2. The Bertz CT molecular complexity index is 414. The number of rotatable bonds is 7. The van der Waals surface area contributed by atoms with Crippen molar-refractivity contribution < 1.29 is 5.11 Å². The molecule has 1 aliphatic carbocycles. The molecule has 22 heavy (non-hydrogen) atoms. The van der Waals surface area contributed by atoms with Gasteiger partial charge >= 0.3 is 0 Å². The second kappa shape index (κ2) is 7.55. The van der Waals surface area contributed by atoms with Crippen molar-refractivity contribution in [2.75, 3.05) is 18.8 Å². The van der Waals surface area contributed by atoms with E-state index in [2.05, 4.69) is 35.0 Å². The van der Waals surface area contributed by atoms with E-state index in [4.69, 9.17) is 0 Å². The molecule has 0 aromatic rings. The first-order chi connectivity index (χ1) is 10.4. The molecule has 1 heterocycles. The third-order valence-electron chi connectivity index (χ3n) is 5.14. The molecule has 1 fully saturated rings. The maximum absolute atomic E-state index is 10.2. The van der Waals surface area contributed by atoms with Crippen LogP contribution in [-0.2, 0) is 0 Å². The highest BCUT2D eigenvalue weighted by atomic mass is 32.3. The molecular formula is C19H35NOS. The van der Waals surface area contributed by atoms with Gasteiger partial charge in [0.25, 0.3) is 0 Å². The van der Waals surface area contributed by atoms with Crippen molar-refractivity contribution in [1.29, 1.82) is 0 Å². The van der Waals surface area contributed by atoms with Gasteiger partial charge in [-0.3, -0.25) is 4.31 Å². The summed E-state index contributed by atoms with van der Waals surface area (Å²) in [4.78, 5) is 0. The minimum Gasteiger partial charge on any atom is -0.390 e.